The summed E-state index contributed by atoms with van der Waals surface area (Å²) in [6.45, 7) is 3.51. The highest BCUT2D eigenvalue weighted by Crippen LogP contribution is 2.33. The quantitative estimate of drug-likeness (QED) is 0.242. The number of rotatable bonds is 9. The molecular formula is C19H22BN3O4. The third-order valence-corrected chi connectivity index (χ3v) is 4.49. The van der Waals surface area contributed by atoms with Crippen LogP contribution in [0.15, 0.2) is 53.6 Å². The van der Waals surface area contributed by atoms with E-state index in [9.17, 15) is 5.02 Å². The molecule has 2 aromatic rings. The number of nitrogens with zero attached hydrogens (tertiary/aromatic N) is 3. The predicted octanol–water partition coefficient (Wildman–Crippen LogP) is 2.92. The third-order valence-electron chi connectivity index (χ3n) is 4.49. The van der Waals surface area contributed by atoms with E-state index in [1.807, 2.05) is 42.5 Å². The molecule has 0 amide bonds. The van der Waals surface area contributed by atoms with Gasteiger partial charge in [0.05, 0.1) is 32.0 Å². The molecule has 0 unspecified atom stereocenters. The van der Waals surface area contributed by atoms with Crippen molar-refractivity contribution in [1.29, 1.82) is 0 Å². The lowest BCUT2D eigenvalue weighted by atomic mass is 9.77. The summed E-state index contributed by atoms with van der Waals surface area (Å²) in [7, 11) is -1.11. The molecule has 0 spiro atoms. The number of ether oxygens (including phenoxy) is 2. The summed E-state index contributed by atoms with van der Waals surface area (Å²) >= 11 is 0. The van der Waals surface area contributed by atoms with Crippen LogP contribution in [0.4, 0.5) is 0 Å². The maximum atomic E-state index is 10.3. The monoisotopic (exact) mass is 367 g/mol. The number of azide groups is 1. The Morgan fingerprint density at radius 2 is 2.00 bits per heavy atom. The second kappa shape index (κ2) is 8.93. The second-order valence-electron chi connectivity index (χ2n) is 6.55. The van der Waals surface area contributed by atoms with Crippen LogP contribution in [0.2, 0.25) is 0 Å². The summed E-state index contributed by atoms with van der Waals surface area (Å²) in [5.74, 6) is 0.577. The van der Waals surface area contributed by atoms with E-state index in [0.717, 1.165) is 17.5 Å². The van der Waals surface area contributed by atoms with E-state index < -0.39 is 12.7 Å². The molecule has 2 aromatic carbocycles. The molecule has 27 heavy (non-hydrogen) atoms. The summed E-state index contributed by atoms with van der Waals surface area (Å²) in [5.41, 5.74) is 10.2. The average Bonchev–Trinajstić information content (AvgIpc) is 2.95. The highest BCUT2D eigenvalue weighted by molar-refractivity contribution is 6.63. The molecular weight excluding hydrogens is 345 g/mol. The Morgan fingerprint density at radius 1 is 1.19 bits per heavy atom. The number of hydrogen-bond acceptors (Lipinski definition) is 5. The minimum atomic E-state index is -1.11. The zero-order valence-corrected chi connectivity index (χ0v) is 15.2. The number of hydrogen-bond donors (Lipinski definition) is 1. The van der Waals surface area contributed by atoms with E-state index in [2.05, 4.69) is 10.0 Å². The van der Waals surface area contributed by atoms with E-state index >= 15 is 0 Å². The predicted molar refractivity (Wildman–Crippen MR) is 103 cm³/mol. The molecule has 1 heterocycles. The van der Waals surface area contributed by atoms with Gasteiger partial charge in [-0.05, 0) is 29.6 Å². The molecule has 0 saturated carbocycles. The van der Waals surface area contributed by atoms with Crippen LogP contribution in [0, 0.1) is 0 Å². The Morgan fingerprint density at radius 3 is 2.78 bits per heavy atom. The minimum absolute atomic E-state index is 0.102. The molecule has 1 atom stereocenters. The van der Waals surface area contributed by atoms with Crippen molar-refractivity contribution in [2.45, 2.75) is 25.6 Å². The first-order valence-electron chi connectivity index (χ1n) is 8.88. The molecule has 1 aliphatic rings. The van der Waals surface area contributed by atoms with Crippen molar-refractivity contribution in [2.24, 2.45) is 5.11 Å². The molecule has 1 N–H and O–H groups in total. The molecule has 0 bridgehead atoms. The lowest BCUT2D eigenvalue weighted by Crippen LogP contribution is -2.31. The number of benzene rings is 2. The van der Waals surface area contributed by atoms with Crippen molar-refractivity contribution in [3.63, 3.8) is 0 Å². The first-order valence-corrected chi connectivity index (χ1v) is 8.88. The van der Waals surface area contributed by atoms with Gasteiger partial charge in [-0.3, -0.25) is 0 Å². The maximum absolute atomic E-state index is 10.3. The van der Waals surface area contributed by atoms with Crippen molar-refractivity contribution in [3.8, 4) is 5.75 Å². The lowest BCUT2D eigenvalue weighted by Gasteiger charge is -2.23. The topological polar surface area (TPSA) is 96.7 Å². The average molecular weight is 367 g/mol. The molecule has 0 saturated heterocycles. The normalized spacial score (nSPS) is 18.1. The Labute approximate surface area is 158 Å². The Hall–Kier alpha value is -2.51. The minimum Gasteiger partial charge on any atom is -0.494 e. The second-order valence-corrected chi connectivity index (χ2v) is 6.55. The Bertz CT molecular complexity index is 814. The molecule has 140 valence electrons. The van der Waals surface area contributed by atoms with Crippen molar-refractivity contribution in [3.05, 3.63) is 70.1 Å². The zero-order chi connectivity index (χ0) is 19.1. The molecule has 3 rings (SSSR count). The fraction of sp³-hybridized carbons (Fsp3) is 0.368. The number of fused-ring (bicyclic) bond motifs is 1. The van der Waals surface area contributed by atoms with Gasteiger partial charge in [-0.2, -0.15) is 0 Å². The van der Waals surface area contributed by atoms with Crippen molar-refractivity contribution >= 4 is 12.6 Å². The molecule has 0 fully saturated rings. The van der Waals surface area contributed by atoms with Crippen LogP contribution in [0.3, 0.4) is 0 Å². The first-order chi connectivity index (χ1) is 13.1. The fourth-order valence-corrected chi connectivity index (χ4v) is 3.15. The smallest absolute Gasteiger partial charge is 0.494 e. The van der Waals surface area contributed by atoms with Gasteiger partial charge in [0.25, 0.3) is 0 Å². The summed E-state index contributed by atoms with van der Waals surface area (Å²) in [6, 6.07) is 15.5. The van der Waals surface area contributed by atoms with Crippen LogP contribution in [0.1, 0.15) is 24.5 Å². The molecule has 0 aromatic heterocycles. The summed E-state index contributed by atoms with van der Waals surface area (Å²) in [5, 5.41) is 13.9. The Balaban J connectivity index is 1.53. The van der Waals surface area contributed by atoms with Gasteiger partial charge in [-0.15, -0.1) is 0 Å². The van der Waals surface area contributed by atoms with Gasteiger partial charge in [-0.1, -0.05) is 47.6 Å². The lowest BCUT2D eigenvalue weighted by molar-refractivity contribution is 0.0894. The van der Waals surface area contributed by atoms with Crippen LogP contribution < -0.4 is 10.2 Å². The van der Waals surface area contributed by atoms with Crippen LogP contribution in [-0.4, -0.2) is 31.9 Å². The van der Waals surface area contributed by atoms with Crippen LogP contribution in [0.25, 0.3) is 10.4 Å². The van der Waals surface area contributed by atoms with Crippen LogP contribution in [-0.2, 0) is 21.6 Å². The largest absolute Gasteiger partial charge is 0.496 e. The van der Waals surface area contributed by atoms with E-state index in [1.165, 1.54) is 0 Å². The molecule has 7 nitrogen and oxygen atoms in total. The highest BCUT2D eigenvalue weighted by atomic mass is 16.5. The molecule has 8 heteroatoms. The van der Waals surface area contributed by atoms with Gasteiger partial charge in [0.1, 0.15) is 5.75 Å². The molecule has 1 aliphatic heterocycles. The SMILES string of the molecule is C[C@]1(CN=[N+]=[N-])OB(O)c2c(OCCCOCc3ccccc3)cccc21. The van der Waals surface area contributed by atoms with Crippen LogP contribution >= 0.6 is 0 Å². The van der Waals surface area contributed by atoms with Crippen molar-refractivity contribution in [1.82, 2.24) is 0 Å². The Kier molecular flexibility index (Phi) is 6.37. The van der Waals surface area contributed by atoms with E-state index in [0.29, 0.717) is 31.0 Å². The van der Waals surface area contributed by atoms with E-state index in [1.54, 1.807) is 13.0 Å². The molecule has 0 radical (unpaired) electrons. The van der Waals surface area contributed by atoms with Gasteiger partial charge in [0.15, 0.2) is 0 Å². The van der Waals surface area contributed by atoms with E-state index in [-0.39, 0.29) is 6.54 Å². The summed E-state index contributed by atoms with van der Waals surface area (Å²) in [6.07, 6.45) is 0.726. The summed E-state index contributed by atoms with van der Waals surface area (Å²) in [4.78, 5) is 2.78. The first kappa shape index (κ1) is 19.3. The van der Waals surface area contributed by atoms with Crippen molar-refractivity contribution < 1.29 is 19.2 Å². The van der Waals surface area contributed by atoms with E-state index in [4.69, 9.17) is 19.7 Å². The third kappa shape index (κ3) is 4.62. The highest BCUT2D eigenvalue weighted by Gasteiger charge is 2.45. The zero-order valence-electron chi connectivity index (χ0n) is 15.2. The maximum Gasteiger partial charge on any atom is 0.496 e. The van der Waals surface area contributed by atoms with Gasteiger partial charge < -0.3 is 19.2 Å². The van der Waals surface area contributed by atoms with Gasteiger partial charge in [0, 0.05) is 16.8 Å². The van der Waals surface area contributed by atoms with Gasteiger partial charge in [-0.25, -0.2) is 0 Å². The standard InChI is InChI=1S/C19H22BN3O4/c1-19(14-22-23-21)16-9-5-10-17(18(16)20(24)27-19)26-12-6-11-25-13-15-7-3-2-4-8-15/h2-5,7-10,24H,6,11-14H2,1H3/t19-/m1/s1. The molecule has 0 aliphatic carbocycles. The van der Waals surface area contributed by atoms with Crippen LogP contribution in [0.5, 0.6) is 5.75 Å². The van der Waals surface area contributed by atoms with Gasteiger partial charge >= 0.3 is 7.12 Å². The van der Waals surface area contributed by atoms with Gasteiger partial charge in [0.2, 0.25) is 0 Å². The van der Waals surface area contributed by atoms with Crippen molar-refractivity contribution in [2.75, 3.05) is 19.8 Å². The summed E-state index contributed by atoms with van der Waals surface area (Å²) < 4.78 is 17.1. The fourth-order valence-electron chi connectivity index (χ4n) is 3.15.